The number of halogens is 4. The molecule has 2 amide bonds. The Labute approximate surface area is 266 Å². The topological polar surface area (TPSA) is 127 Å². The van der Waals surface area contributed by atoms with Crippen LogP contribution in [0.15, 0.2) is 58.6 Å². The van der Waals surface area contributed by atoms with Gasteiger partial charge in [-0.1, -0.05) is 31.5 Å². The Bertz CT molecular complexity index is 1670. The molecule has 0 atom stereocenters. The lowest BCUT2D eigenvalue weighted by atomic mass is 10.1. The largest absolute Gasteiger partial charge is 0.490 e. The highest BCUT2D eigenvalue weighted by Gasteiger charge is 2.38. The molecular formula is C30H30ClF3N6O4S. The summed E-state index contributed by atoms with van der Waals surface area (Å²) in [5.41, 5.74) is 4.16. The Kier molecular flexibility index (Phi) is 10.7. The van der Waals surface area contributed by atoms with Crippen LogP contribution in [0, 0.1) is 5.92 Å². The second kappa shape index (κ2) is 14.3. The number of hydrogen-bond acceptors (Lipinski definition) is 8. The van der Waals surface area contributed by atoms with Gasteiger partial charge in [-0.2, -0.15) is 18.2 Å². The molecule has 3 N–H and O–H groups in total. The van der Waals surface area contributed by atoms with Crippen molar-refractivity contribution in [1.82, 2.24) is 9.88 Å². The van der Waals surface area contributed by atoms with Crippen molar-refractivity contribution in [3.63, 3.8) is 0 Å². The zero-order valence-corrected chi connectivity index (χ0v) is 26.1. The van der Waals surface area contributed by atoms with E-state index in [9.17, 15) is 22.8 Å². The second-order valence-electron chi connectivity index (χ2n) is 10.5. The number of fused-ring (bicyclic) bond motifs is 1. The van der Waals surface area contributed by atoms with E-state index in [4.69, 9.17) is 21.5 Å². The lowest BCUT2D eigenvalue weighted by Crippen LogP contribution is -2.44. The molecule has 10 nitrogen and oxygen atoms in total. The normalized spacial score (nSPS) is 16.4. The molecule has 1 saturated heterocycles. The summed E-state index contributed by atoms with van der Waals surface area (Å²) in [6.07, 6.45) is -1.38. The molecule has 2 aliphatic rings. The number of anilines is 3. The number of likely N-dealkylation sites (N-methyl/N-ethyl adjacent to an activating group) is 1. The van der Waals surface area contributed by atoms with Gasteiger partial charge in [0.05, 0.1) is 21.1 Å². The molecule has 0 spiro atoms. The van der Waals surface area contributed by atoms with Crippen molar-refractivity contribution in [2.75, 3.05) is 48.8 Å². The van der Waals surface area contributed by atoms with E-state index in [2.05, 4.69) is 49.6 Å². The average molecular weight is 663 g/mol. The van der Waals surface area contributed by atoms with Crippen molar-refractivity contribution < 1.29 is 32.7 Å². The Balaban J connectivity index is 0.000000591. The number of aliphatic imine (C=N–C) groups is 1. The lowest BCUT2D eigenvalue weighted by Gasteiger charge is -2.34. The molecule has 1 fully saturated rings. The highest BCUT2D eigenvalue weighted by atomic mass is 35.5. The number of carbonyl (C=O) groups excluding carboxylic acids is 2. The van der Waals surface area contributed by atoms with Gasteiger partial charge < -0.3 is 25.5 Å². The molecule has 0 saturated carbocycles. The van der Waals surface area contributed by atoms with Crippen LogP contribution in [0.25, 0.3) is 17.0 Å². The molecule has 0 aliphatic carbocycles. The summed E-state index contributed by atoms with van der Waals surface area (Å²) in [7, 11) is 2.14. The van der Waals surface area contributed by atoms with E-state index in [1.807, 2.05) is 38.3 Å². The molecular weight excluding hydrogens is 633 g/mol. The number of nitrogens with one attached hydrogen (secondary N) is 2. The minimum absolute atomic E-state index is 0.0902. The molecule has 0 radical (unpaired) electrons. The first-order chi connectivity index (χ1) is 21.2. The van der Waals surface area contributed by atoms with Gasteiger partial charge in [0, 0.05) is 55.1 Å². The molecule has 0 bridgehead atoms. The number of carbonyl (C=O) groups is 3. The standard InChI is InChI=1S/C28H29ClN6O2S.C2HF3O2/c1-17(2)26(36)31-19-5-6-21(29)23(16-19)32-28-33-27(37)25(38-28)15-18-4-7-22-20(14-18)24(8-9-30-22)35-12-10-34(3)11-13-35;3-2(4,5)1(6)7/h4-9,14-17H,10-13H2,1-3H3,(H,31,36)(H,32,33,37);(H,6,7)/b25-15-;. The number of aliphatic carboxylic acids is 1. The monoisotopic (exact) mass is 662 g/mol. The highest BCUT2D eigenvalue weighted by Crippen LogP contribution is 2.34. The molecule has 3 aromatic rings. The number of hydrogen-bond donors (Lipinski definition) is 3. The van der Waals surface area contributed by atoms with E-state index in [1.165, 1.54) is 11.8 Å². The third-order valence-electron chi connectivity index (χ3n) is 6.75. The van der Waals surface area contributed by atoms with E-state index in [0.29, 0.717) is 26.5 Å². The summed E-state index contributed by atoms with van der Waals surface area (Å²) in [5.74, 6) is -3.31. The van der Waals surface area contributed by atoms with Gasteiger partial charge in [-0.25, -0.2) is 4.79 Å². The number of pyridine rings is 1. The van der Waals surface area contributed by atoms with Crippen LogP contribution in [0.5, 0.6) is 0 Å². The van der Waals surface area contributed by atoms with Gasteiger partial charge in [0.1, 0.15) is 0 Å². The Morgan fingerprint density at radius 2 is 1.78 bits per heavy atom. The van der Waals surface area contributed by atoms with Crippen LogP contribution in [-0.4, -0.2) is 77.3 Å². The van der Waals surface area contributed by atoms with Crippen molar-refractivity contribution in [3.05, 3.63) is 64.2 Å². The van der Waals surface area contributed by atoms with Crippen LogP contribution in [-0.2, 0) is 14.4 Å². The molecule has 45 heavy (non-hydrogen) atoms. The zero-order valence-electron chi connectivity index (χ0n) is 24.5. The maximum absolute atomic E-state index is 12.7. The number of thioether (sulfide) groups is 1. The van der Waals surface area contributed by atoms with E-state index < -0.39 is 12.1 Å². The first-order valence-electron chi connectivity index (χ1n) is 13.7. The van der Waals surface area contributed by atoms with Crippen molar-refractivity contribution >= 4 is 80.4 Å². The smallest absolute Gasteiger partial charge is 0.475 e. The quantitative estimate of drug-likeness (QED) is 0.284. The van der Waals surface area contributed by atoms with E-state index in [-0.39, 0.29) is 17.7 Å². The van der Waals surface area contributed by atoms with Gasteiger partial charge in [-0.15, -0.1) is 0 Å². The van der Waals surface area contributed by atoms with Crippen molar-refractivity contribution in [1.29, 1.82) is 0 Å². The minimum atomic E-state index is -5.08. The average Bonchev–Trinajstić information content (AvgIpc) is 3.32. The fraction of sp³-hybridized carbons (Fsp3) is 0.300. The van der Waals surface area contributed by atoms with Crippen LogP contribution in [0.1, 0.15) is 19.4 Å². The Morgan fingerprint density at radius 3 is 2.42 bits per heavy atom. The molecule has 3 heterocycles. The van der Waals surface area contributed by atoms with Gasteiger partial charge in [0.25, 0.3) is 5.91 Å². The Morgan fingerprint density at radius 1 is 1.09 bits per heavy atom. The molecule has 15 heteroatoms. The molecule has 238 valence electrons. The third-order valence-corrected chi connectivity index (χ3v) is 7.98. The number of amidine groups is 1. The lowest BCUT2D eigenvalue weighted by molar-refractivity contribution is -0.192. The van der Waals surface area contributed by atoms with Crippen LogP contribution in [0.2, 0.25) is 5.02 Å². The minimum Gasteiger partial charge on any atom is -0.475 e. The fourth-order valence-electron chi connectivity index (χ4n) is 4.28. The summed E-state index contributed by atoms with van der Waals surface area (Å²) in [6.45, 7) is 7.61. The fourth-order valence-corrected chi connectivity index (χ4v) is 5.27. The first kappa shape index (κ1) is 33.7. The first-order valence-corrected chi connectivity index (χ1v) is 14.9. The second-order valence-corrected chi connectivity index (χ2v) is 11.9. The van der Waals surface area contributed by atoms with Crippen molar-refractivity contribution in [3.8, 4) is 0 Å². The van der Waals surface area contributed by atoms with Crippen molar-refractivity contribution in [2.45, 2.75) is 20.0 Å². The number of amides is 2. The molecule has 5 rings (SSSR count). The summed E-state index contributed by atoms with van der Waals surface area (Å²) < 4.78 is 31.7. The summed E-state index contributed by atoms with van der Waals surface area (Å²) in [5, 5.41) is 15.1. The number of benzene rings is 2. The van der Waals surface area contributed by atoms with Crippen LogP contribution >= 0.6 is 23.4 Å². The maximum Gasteiger partial charge on any atom is 0.490 e. The van der Waals surface area contributed by atoms with Gasteiger partial charge >= 0.3 is 12.1 Å². The number of rotatable bonds is 5. The number of piperazine rings is 1. The van der Waals surface area contributed by atoms with Gasteiger partial charge in [-0.3, -0.25) is 14.6 Å². The Hall–Kier alpha value is -4.14. The van der Waals surface area contributed by atoms with E-state index in [1.54, 1.807) is 18.2 Å². The number of carboxylic acids is 1. The van der Waals surface area contributed by atoms with Crippen LogP contribution in [0.4, 0.5) is 30.2 Å². The molecule has 2 aromatic carbocycles. The number of aromatic nitrogens is 1. The summed E-state index contributed by atoms with van der Waals surface area (Å²) in [6, 6.07) is 13.3. The highest BCUT2D eigenvalue weighted by molar-refractivity contribution is 8.18. The molecule has 1 aromatic heterocycles. The van der Waals surface area contributed by atoms with E-state index in [0.717, 1.165) is 48.3 Å². The predicted octanol–water partition coefficient (Wildman–Crippen LogP) is 5.95. The van der Waals surface area contributed by atoms with Crippen LogP contribution < -0.4 is 15.5 Å². The number of nitrogens with zero attached hydrogens (tertiary/aromatic N) is 4. The van der Waals surface area contributed by atoms with Crippen LogP contribution in [0.3, 0.4) is 0 Å². The third kappa shape index (κ3) is 8.96. The van der Waals surface area contributed by atoms with Gasteiger partial charge in [-0.05, 0) is 66.8 Å². The molecule has 0 unspecified atom stereocenters. The number of carboxylic acid groups (broad SMARTS) is 1. The van der Waals surface area contributed by atoms with E-state index >= 15 is 0 Å². The summed E-state index contributed by atoms with van der Waals surface area (Å²) >= 11 is 7.62. The van der Waals surface area contributed by atoms with Crippen molar-refractivity contribution in [2.24, 2.45) is 10.9 Å². The zero-order chi connectivity index (χ0) is 32.9. The summed E-state index contributed by atoms with van der Waals surface area (Å²) in [4.78, 5) is 47.6. The SMILES string of the molecule is CC(C)C(=O)Nc1ccc(Cl)c(NC2=NC(=O)/C(=C/c3ccc4nccc(N5CCN(C)CC5)c4c3)S2)c1.O=C(O)C(F)(F)F. The predicted molar refractivity (Wildman–Crippen MR) is 172 cm³/mol. The van der Waals surface area contributed by atoms with Gasteiger partial charge in [0.15, 0.2) is 5.17 Å². The number of alkyl halides is 3. The molecule has 2 aliphatic heterocycles. The maximum atomic E-state index is 12.7. The van der Waals surface area contributed by atoms with Gasteiger partial charge in [0.2, 0.25) is 5.91 Å².